The number of nitrogens with zero attached hydrogens (tertiary/aromatic N) is 4. The monoisotopic (exact) mass is 502 g/mol. The van der Waals surface area contributed by atoms with Gasteiger partial charge in [-0.05, 0) is 56.7 Å². The molecule has 0 radical (unpaired) electrons. The van der Waals surface area contributed by atoms with Crippen LogP contribution in [0.3, 0.4) is 0 Å². The topological polar surface area (TPSA) is 80.5 Å². The average Bonchev–Trinajstić information content (AvgIpc) is 3.21. The van der Waals surface area contributed by atoms with Crippen LogP contribution >= 0.6 is 0 Å². The number of carboxylic acids is 1. The van der Waals surface area contributed by atoms with Gasteiger partial charge in [0.25, 0.3) is 0 Å². The Morgan fingerprint density at radius 3 is 2.31 bits per heavy atom. The first-order valence-corrected chi connectivity index (χ1v) is 12.2. The number of hydrogen-bond acceptors (Lipinski definition) is 5. The number of methoxy groups -OCH3 is 1. The summed E-state index contributed by atoms with van der Waals surface area (Å²) in [4.78, 5) is 18.5. The Bertz CT molecular complexity index is 1260. The highest BCUT2D eigenvalue weighted by Crippen LogP contribution is 2.46. The number of aromatic carboxylic acids is 1. The number of carbonyl (C=O) groups is 1. The fraction of sp³-hybridized carbons (Fsp3) is 0.500. The molecule has 1 atom stereocenters. The van der Waals surface area contributed by atoms with Gasteiger partial charge in [0.05, 0.1) is 22.5 Å². The molecule has 36 heavy (non-hydrogen) atoms. The maximum absolute atomic E-state index is 13.8. The number of rotatable bonds is 6. The zero-order valence-corrected chi connectivity index (χ0v) is 20.3. The van der Waals surface area contributed by atoms with Gasteiger partial charge < -0.3 is 14.7 Å². The SMILES string of the molecule is COC(C)(C1CCN(c2cc(C(=O)O)nc3c2c(C2CCC2)nn3-c2ccccc2)CC1)C(F)(F)F. The lowest BCUT2D eigenvalue weighted by molar-refractivity contribution is -0.283. The number of anilines is 1. The van der Waals surface area contributed by atoms with Crippen LogP contribution in [0.1, 0.15) is 61.1 Å². The minimum atomic E-state index is -4.48. The van der Waals surface area contributed by atoms with E-state index < -0.39 is 23.7 Å². The molecule has 1 aromatic carbocycles. The van der Waals surface area contributed by atoms with E-state index >= 15 is 0 Å². The molecule has 0 spiro atoms. The third kappa shape index (κ3) is 4.01. The molecule has 2 aromatic heterocycles. The van der Waals surface area contributed by atoms with Gasteiger partial charge in [0, 0.05) is 26.1 Å². The predicted molar refractivity (Wildman–Crippen MR) is 129 cm³/mol. The van der Waals surface area contributed by atoms with Gasteiger partial charge in [-0.25, -0.2) is 14.5 Å². The molecule has 0 bridgehead atoms. The van der Waals surface area contributed by atoms with Crippen molar-refractivity contribution in [3.63, 3.8) is 0 Å². The molecule has 1 aliphatic carbocycles. The second-order valence-corrected chi connectivity index (χ2v) is 9.86. The summed E-state index contributed by atoms with van der Waals surface area (Å²) >= 11 is 0. The first-order valence-electron chi connectivity index (χ1n) is 12.2. The number of halogens is 3. The normalized spacial score (nSPS) is 19.3. The number of para-hydroxylation sites is 1. The number of aromatic nitrogens is 3. The first kappa shape index (κ1) is 24.5. The predicted octanol–water partition coefficient (Wildman–Crippen LogP) is 5.57. The molecule has 2 aliphatic rings. The zero-order valence-electron chi connectivity index (χ0n) is 20.3. The maximum atomic E-state index is 13.8. The fourth-order valence-electron chi connectivity index (χ4n) is 5.38. The van der Waals surface area contributed by atoms with Crippen molar-refractivity contribution < 1.29 is 27.8 Å². The van der Waals surface area contributed by atoms with Gasteiger partial charge in [0.15, 0.2) is 16.9 Å². The van der Waals surface area contributed by atoms with E-state index in [9.17, 15) is 23.1 Å². The molecule has 1 saturated carbocycles. The molecule has 5 rings (SSSR count). The smallest absolute Gasteiger partial charge is 0.417 e. The van der Waals surface area contributed by atoms with Gasteiger partial charge in [-0.15, -0.1) is 0 Å². The standard InChI is InChI=1S/C26H29F3N4O3/c1-25(36-2,26(27,28)29)17-11-13-32(14-12-17)20-15-19(24(34)35)30-23-21(20)22(16-7-6-8-16)31-33(23)18-9-4-3-5-10-18/h3-5,9-10,15-17H,6-8,11-14H2,1-2H3,(H,34,35). The lowest BCUT2D eigenvalue weighted by Crippen LogP contribution is -2.53. The molecular weight excluding hydrogens is 473 g/mol. The van der Waals surface area contributed by atoms with Crippen molar-refractivity contribution in [3.05, 3.63) is 47.8 Å². The van der Waals surface area contributed by atoms with Crippen LogP contribution < -0.4 is 4.90 Å². The van der Waals surface area contributed by atoms with Crippen molar-refractivity contribution in [1.82, 2.24) is 14.8 Å². The van der Waals surface area contributed by atoms with Crippen LogP contribution in [0.2, 0.25) is 0 Å². The summed E-state index contributed by atoms with van der Waals surface area (Å²) in [6, 6.07) is 11.0. The van der Waals surface area contributed by atoms with Crippen molar-refractivity contribution in [3.8, 4) is 5.69 Å². The Kier molecular flexibility index (Phi) is 6.18. The van der Waals surface area contributed by atoms with E-state index in [0.29, 0.717) is 24.4 Å². The lowest BCUT2D eigenvalue weighted by Gasteiger charge is -2.43. The average molecular weight is 503 g/mol. The van der Waals surface area contributed by atoms with Crippen molar-refractivity contribution in [2.75, 3.05) is 25.1 Å². The Morgan fingerprint density at radius 1 is 1.11 bits per heavy atom. The van der Waals surface area contributed by atoms with E-state index in [-0.39, 0.29) is 24.5 Å². The number of carboxylic acid groups (broad SMARTS) is 1. The minimum Gasteiger partial charge on any atom is -0.477 e. The van der Waals surface area contributed by atoms with Crippen LogP contribution in [0.5, 0.6) is 0 Å². The summed E-state index contributed by atoms with van der Waals surface area (Å²) in [7, 11) is 1.11. The highest BCUT2D eigenvalue weighted by Gasteiger charge is 2.56. The Hall–Kier alpha value is -3.14. The maximum Gasteiger partial charge on any atom is 0.417 e. The highest BCUT2D eigenvalue weighted by atomic mass is 19.4. The molecule has 1 aliphatic heterocycles. The van der Waals surface area contributed by atoms with E-state index in [1.54, 1.807) is 10.7 Å². The number of fused-ring (bicyclic) bond motifs is 1. The van der Waals surface area contributed by atoms with Gasteiger partial charge >= 0.3 is 12.1 Å². The van der Waals surface area contributed by atoms with Crippen molar-refractivity contribution >= 4 is 22.7 Å². The van der Waals surface area contributed by atoms with Gasteiger partial charge in [-0.2, -0.15) is 18.3 Å². The molecule has 10 heteroatoms. The Morgan fingerprint density at radius 2 is 1.78 bits per heavy atom. The van der Waals surface area contributed by atoms with Crippen molar-refractivity contribution in [2.45, 2.75) is 56.7 Å². The summed E-state index contributed by atoms with van der Waals surface area (Å²) in [5.74, 6) is -1.62. The molecule has 3 aromatic rings. The van der Waals surface area contributed by atoms with Crippen LogP contribution in [0.25, 0.3) is 16.7 Å². The quantitative estimate of drug-likeness (QED) is 0.475. The van der Waals surface area contributed by atoms with Gasteiger partial charge in [-0.3, -0.25) is 0 Å². The Balaban J connectivity index is 1.59. The van der Waals surface area contributed by atoms with E-state index in [0.717, 1.165) is 50.1 Å². The molecule has 2 fully saturated rings. The minimum absolute atomic E-state index is 0.117. The summed E-state index contributed by atoms with van der Waals surface area (Å²) in [5, 5.41) is 15.5. The number of benzene rings is 1. The summed E-state index contributed by atoms with van der Waals surface area (Å²) < 4.78 is 48.0. The molecule has 1 N–H and O–H groups in total. The molecule has 1 unspecified atom stereocenters. The molecule has 3 heterocycles. The zero-order chi connectivity index (χ0) is 25.7. The van der Waals surface area contributed by atoms with Gasteiger partial charge in [0.2, 0.25) is 0 Å². The Labute approximate surface area is 206 Å². The first-order chi connectivity index (χ1) is 17.1. The number of hydrogen-bond donors (Lipinski definition) is 1. The third-order valence-electron chi connectivity index (χ3n) is 7.96. The largest absolute Gasteiger partial charge is 0.477 e. The van der Waals surface area contributed by atoms with Crippen LogP contribution in [0.4, 0.5) is 18.9 Å². The number of ether oxygens (including phenoxy) is 1. The van der Waals surface area contributed by atoms with Crippen molar-refractivity contribution in [1.29, 1.82) is 0 Å². The van der Waals surface area contributed by atoms with Gasteiger partial charge in [-0.1, -0.05) is 24.6 Å². The summed E-state index contributed by atoms with van der Waals surface area (Å²) in [5.41, 5.74) is 0.429. The van der Waals surface area contributed by atoms with Crippen LogP contribution in [0, 0.1) is 5.92 Å². The molecule has 192 valence electrons. The molecular formula is C26H29F3N4O3. The second-order valence-electron chi connectivity index (χ2n) is 9.86. The number of alkyl halides is 3. The lowest BCUT2D eigenvalue weighted by atomic mass is 9.80. The summed E-state index contributed by atoms with van der Waals surface area (Å²) in [6.45, 7) is 1.80. The molecule has 1 saturated heterocycles. The number of pyridine rings is 1. The van der Waals surface area contributed by atoms with Crippen LogP contribution in [0.15, 0.2) is 36.4 Å². The number of piperidine rings is 1. The van der Waals surface area contributed by atoms with Crippen LogP contribution in [-0.4, -0.2) is 57.8 Å². The second kappa shape index (κ2) is 9.06. The molecule has 7 nitrogen and oxygen atoms in total. The van der Waals surface area contributed by atoms with Crippen molar-refractivity contribution in [2.24, 2.45) is 5.92 Å². The third-order valence-corrected chi connectivity index (χ3v) is 7.96. The van der Waals surface area contributed by atoms with E-state index in [2.05, 4.69) is 4.98 Å². The fourth-order valence-corrected chi connectivity index (χ4v) is 5.38. The van der Waals surface area contributed by atoms with Gasteiger partial charge in [0.1, 0.15) is 0 Å². The highest BCUT2D eigenvalue weighted by molar-refractivity contribution is 5.98. The van der Waals surface area contributed by atoms with Crippen LogP contribution in [-0.2, 0) is 4.74 Å². The molecule has 0 amide bonds. The van der Waals surface area contributed by atoms with E-state index in [1.165, 1.54) is 0 Å². The summed E-state index contributed by atoms with van der Waals surface area (Å²) in [6.07, 6.45) is -0.882. The van der Waals surface area contributed by atoms with E-state index in [4.69, 9.17) is 9.84 Å². The van der Waals surface area contributed by atoms with E-state index in [1.807, 2.05) is 35.2 Å².